The number of rotatable bonds is 2. The normalized spacial score (nSPS) is 13.6. The van der Waals surface area contributed by atoms with E-state index in [4.69, 9.17) is 7.85 Å². The number of nitrogens with one attached hydrogen (secondary N) is 1. The van der Waals surface area contributed by atoms with Crippen LogP contribution in [0.1, 0.15) is 14.5 Å². The van der Waals surface area contributed by atoms with E-state index in [1.54, 1.807) is 0 Å². The molecule has 0 bridgehead atoms. The summed E-state index contributed by atoms with van der Waals surface area (Å²) in [7, 11) is 0. The zero-order chi connectivity index (χ0) is 10.9. The van der Waals surface area contributed by atoms with Crippen molar-refractivity contribution >= 4 is 22.4 Å². The van der Waals surface area contributed by atoms with Crippen LogP contribution in [0.15, 0.2) is 0 Å². The van der Waals surface area contributed by atoms with Gasteiger partial charge in [0.05, 0.1) is 14.2 Å². The number of halogens is 1. The van der Waals surface area contributed by atoms with Crippen molar-refractivity contribution in [1.82, 2.24) is 4.98 Å². The third-order valence-corrected chi connectivity index (χ3v) is 1.82. The van der Waals surface area contributed by atoms with Gasteiger partial charge < -0.3 is 10.4 Å². The second-order valence-electron chi connectivity index (χ2n) is 1.93. The van der Waals surface area contributed by atoms with Gasteiger partial charge in [-0.3, -0.25) is 4.79 Å². The molecular weight excluding hydrogens is 183 g/mol. The first-order valence-electron chi connectivity index (χ1n) is 3.97. The molecule has 1 aromatic heterocycles. The smallest absolute Gasteiger partial charge is 0.231 e. The van der Waals surface area contributed by atoms with Crippen LogP contribution in [0.5, 0.6) is 0 Å². The number of hydrogen-bond acceptors (Lipinski definition) is 4. The van der Waals surface area contributed by atoms with Crippen LogP contribution in [0.3, 0.4) is 0 Å². The van der Waals surface area contributed by atoms with Crippen LogP contribution in [0.2, 0.25) is 0 Å². The number of carbonyl (C=O) groups is 1. The summed E-state index contributed by atoms with van der Waals surface area (Å²) in [5.74, 6) is -1.56. The summed E-state index contributed by atoms with van der Waals surface area (Å²) < 4.78 is 26.6. The summed E-state index contributed by atoms with van der Waals surface area (Å²) in [4.78, 5) is 13.2. The van der Waals surface area contributed by atoms with E-state index < -0.39 is 23.3 Å². The van der Waals surface area contributed by atoms with E-state index in [1.165, 1.54) is 6.92 Å². The average molecular weight is 192 g/mol. The zero-order valence-electron chi connectivity index (χ0n) is 8.09. The molecule has 1 rings (SSSR count). The Morgan fingerprint density at radius 1 is 2.00 bits per heavy atom. The summed E-state index contributed by atoms with van der Waals surface area (Å²) >= 11 is 0.552. The fourth-order valence-electron chi connectivity index (χ4n) is 0.575. The van der Waals surface area contributed by atoms with Gasteiger partial charge in [-0.25, -0.2) is 0 Å². The number of aliphatic hydroxyl groups is 1. The lowest BCUT2D eigenvalue weighted by molar-refractivity contribution is -0.114. The summed E-state index contributed by atoms with van der Waals surface area (Å²) in [6, 6.07) is 0. The molecule has 0 aromatic carbocycles. The molecule has 66 valence electrons. The van der Waals surface area contributed by atoms with Gasteiger partial charge in [-0.05, 0) is 0 Å². The summed E-state index contributed by atoms with van der Waals surface area (Å²) in [5.41, 5.74) is 0. The molecule has 0 atom stereocenters. The van der Waals surface area contributed by atoms with E-state index in [2.05, 4.69) is 10.3 Å². The highest BCUT2D eigenvalue weighted by Gasteiger charge is 2.09. The molecule has 1 amide bonds. The lowest BCUT2D eigenvalue weighted by Crippen LogP contribution is -2.04. The highest BCUT2D eigenvalue weighted by Crippen LogP contribution is 2.21. The molecule has 6 heteroatoms. The van der Waals surface area contributed by atoms with Gasteiger partial charge in [0.15, 0.2) is 5.13 Å². The number of anilines is 1. The molecule has 1 aromatic rings. The van der Waals surface area contributed by atoms with Crippen molar-refractivity contribution in [2.24, 2.45) is 0 Å². The Labute approximate surface area is 74.9 Å². The van der Waals surface area contributed by atoms with E-state index >= 15 is 0 Å². The first-order chi connectivity index (χ1) is 6.30. The van der Waals surface area contributed by atoms with Crippen LogP contribution in [0, 0.1) is 5.95 Å². The third kappa shape index (κ3) is 1.99. The van der Waals surface area contributed by atoms with Crippen LogP contribution >= 0.6 is 11.3 Å². The second kappa shape index (κ2) is 3.59. The maximum absolute atomic E-state index is 12.9. The first-order valence-corrected chi connectivity index (χ1v) is 3.79. The minimum Gasteiger partial charge on any atom is -0.391 e. The molecule has 1 heterocycles. The highest BCUT2D eigenvalue weighted by molar-refractivity contribution is 7.15. The van der Waals surface area contributed by atoms with Gasteiger partial charge in [0.1, 0.15) is 0 Å². The van der Waals surface area contributed by atoms with E-state index in [9.17, 15) is 9.18 Å². The van der Waals surface area contributed by atoms with Gasteiger partial charge in [0.25, 0.3) is 0 Å². The van der Waals surface area contributed by atoms with Gasteiger partial charge in [-0.1, -0.05) is 11.3 Å². The fourth-order valence-corrected chi connectivity index (χ4v) is 1.26. The number of aromatic nitrogens is 1. The van der Waals surface area contributed by atoms with Crippen molar-refractivity contribution < 1.29 is 17.0 Å². The molecular formula is C6H7FN2O2S. The number of carbonyl (C=O) groups excluding carboxylic acids is 1. The summed E-state index contributed by atoms with van der Waals surface area (Å²) in [6.07, 6.45) is 0. The molecule has 0 fully saturated rings. The Morgan fingerprint density at radius 3 is 3.08 bits per heavy atom. The van der Waals surface area contributed by atoms with Gasteiger partial charge in [0, 0.05) is 6.92 Å². The molecule has 0 saturated heterocycles. The fraction of sp³-hybridized carbons (Fsp3) is 0.333. The molecule has 4 nitrogen and oxygen atoms in total. The average Bonchev–Trinajstić information content (AvgIpc) is 2.27. The number of amides is 1. The van der Waals surface area contributed by atoms with Gasteiger partial charge in [-0.15, -0.1) is 0 Å². The van der Waals surface area contributed by atoms with Crippen LogP contribution in [-0.4, -0.2) is 16.0 Å². The van der Waals surface area contributed by atoms with Crippen LogP contribution in [0.25, 0.3) is 0 Å². The van der Waals surface area contributed by atoms with Crippen molar-refractivity contribution in [1.29, 1.82) is 0 Å². The lowest BCUT2D eigenvalue weighted by Gasteiger charge is -1.91. The minimum atomic E-state index is -2.78. The van der Waals surface area contributed by atoms with E-state index in [1.807, 2.05) is 0 Å². The SMILES string of the molecule is [2H]C([2H])(O)c1sc(NC(C)=O)nc1F. The first kappa shape index (κ1) is 6.50. The van der Waals surface area contributed by atoms with Crippen molar-refractivity contribution in [3.8, 4) is 0 Å². The molecule has 0 saturated carbocycles. The number of nitrogens with zero attached hydrogens (tertiary/aromatic N) is 1. The largest absolute Gasteiger partial charge is 0.391 e. The van der Waals surface area contributed by atoms with E-state index in [-0.39, 0.29) is 5.13 Å². The van der Waals surface area contributed by atoms with E-state index in [0.29, 0.717) is 11.3 Å². The Bertz CT molecular complexity index is 363. The number of thiazole rings is 1. The van der Waals surface area contributed by atoms with Crippen LogP contribution in [0.4, 0.5) is 9.52 Å². The Balaban J connectivity index is 2.99. The zero-order valence-corrected chi connectivity index (χ0v) is 6.91. The Kier molecular flexibility index (Phi) is 1.95. The molecule has 0 aliphatic carbocycles. The third-order valence-electron chi connectivity index (χ3n) is 0.970. The topological polar surface area (TPSA) is 62.2 Å². The Morgan fingerprint density at radius 2 is 2.67 bits per heavy atom. The van der Waals surface area contributed by atoms with E-state index in [0.717, 1.165) is 0 Å². The van der Waals surface area contributed by atoms with Crippen molar-refractivity contribution in [3.63, 3.8) is 0 Å². The predicted octanol–water partition coefficient (Wildman–Crippen LogP) is 0.733. The highest BCUT2D eigenvalue weighted by atomic mass is 32.1. The summed E-state index contributed by atoms with van der Waals surface area (Å²) in [5, 5.41) is 11.0. The monoisotopic (exact) mass is 192 g/mol. The molecule has 0 spiro atoms. The van der Waals surface area contributed by atoms with Gasteiger partial charge >= 0.3 is 0 Å². The molecule has 2 N–H and O–H groups in total. The van der Waals surface area contributed by atoms with Gasteiger partial charge in [0.2, 0.25) is 11.9 Å². The summed E-state index contributed by atoms with van der Waals surface area (Å²) in [6.45, 7) is -1.56. The Hall–Kier alpha value is -1.01. The molecule has 0 aliphatic rings. The van der Waals surface area contributed by atoms with Crippen LogP contribution < -0.4 is 5.32 Å². The van der Waals surface area contributed by atoms with Crippen LogP contribution in [-0.2, 0) is 11.4 Å². The van der Waals surface area contributed by atoms with Crippen molar-refractivity contribution in [3.05, 3.63) is 10.8 Å². The van der Waals surface area contributed by atoms with Crippen molar-refractivity contribution in [2.45, 2.75) is 13.5 Å². The van der Waals surface area contributed by atoms with Gasteiger partial charge in [-0.2, -0.15) is 9.37 Å². The maximum Gasteiger partial charge on any atom is 0.231 e. The molecule has 0 aliphatic heterocycles. The molecule has 12 heavy (non-hydrogen) atoms. The second-order valence-corrected chi connectivity index (χ2v) is 2.93. The lowest BCUT2D eigenvalue weighted by atomic mass is 10.6. The van der Waals surface area contributed by atoms with Crippen molar-refractivity contribution in [2.75, 3.05) is 5.32 Å². The minimum absolute atomic E-state index is 0.0806. The molecule has 0 unspecified atom stereocenters. The quantitative estimate of drug-likeness (QED) is 0.726. The standard InChI is InChI=1S/C6H7FN2O2S/c1-3(11)8-6-9-5(7)4(2-10)12-6/h10H,2H2,1H3,(H,8,9,11)/i2D2. The maximum atomic E-state index is 12.9. The molecule has 0 radical (unpaired) electrons. The predicted molar refractivity (Wildman–Crippen MR) is 42.3 cm³/mol. The number of hydrogen-bond donors (Lipinski definition) is 2.